The lowest BCUT2D eigenvalue weighted by atomic mass is 10.3. The van der Waals surface area contributed by atoms with Crippen LogP contribution >= 0.6 is 23.5 Å². The number of hydrogen-bond acceptors (Lipinski definition) is 5. The van der Waals surface area contributed by atoms with Gasteiger partial charge in [-0.1, -0.05) is 35.7 Å². The number of amides is 1. The van der Waals surface area contributed by atoms with Gasteiger partial charge in [-0.15, -0.1) is 10.2 Å². The number of carbonyl (C=O) groups excluding carboxylic acids is 1. The molecule has 0 aliphatic heterocycles. The van der Waals surface area contributed by atoms with Crippen LogP contribution in [0.3, 0.4) is 0 Å². The molecule has 5 nitrogen and oxygen atoms in total. The van der Waals surface area contributed by atoms with Crippen molar-refractivity contribution < 1.29 is 13.6 Å². The lowest BCUT2D eigenvalue weighted by molar-refractivity contribution is -0.113. The molecule has 0 radical (unpaired) electrons. The Balaban J connectivity index is 1.95. The van der Waals surface area contributed by atoms with E-state index in [9.17, 15) is 13.6 Å². The number of para-hydroxylation sites is 1. The number of aryl methyl sites for hydroxylation is 1. The van der Waals surface area contributed by atoms with Crippen molar-refractivity contribution in [1.29, 1.82) is 0 Å². The molecule has 2 aromatic rings. The fourth-order valence-electron chi connectivity index (χ4n) is 1.49. The number of aromatic nitrogens is 3. The number of rotatable bonds is 6. The summed E-state index contributed by atoms with van der Waals surface area (Å²) in [6, 6.07) is 6.47. The fraction of sp³-hybridized carbons (Fsp3) is 0.250. The van der Waals surface area contributed by atoms with Crippen LogP contribution in [-0.4, -0.2) is 32.2 Å². The van der Waals surface area contributed by atoms with Crippen LogP contribution in [-0.2, 0) is 11.8 Å². The Kier molecular flexibility index (Phi) is 5.57. The Labute approximate surface area is 128 Å². The van der Waals surface area contributed by atoms with E-state index in [0.29, 0.717) is 27.5 Å². The molecule has 0 fully saturated rings. The van der Waals surface area contributed by atoms with Gasteiger partial charge < -0.3 is 9.88 Å². The maximum atomic E-state index is 12.4. The van der Waals surface area contributed by atoms with E-state index >= 15 is 0 Å². The number of alkyl halides is 2. The first kappa shape index (κ1) is 15.8. The summed E-state index contributed by atoms with van der Waals surface area (Å²) in [6.45, 7) is 0. The van der Waals surface area contributed by atoms with Crippen molar-refractivity contribution in [2.45, 2.75) is 15.8 Å². The van der Waals surface area contributed by atoms with Crippen molar-refractivity contribution in [3.8, 4) is 0 Å². The van der Waals surface area contributed by atoms with Crippen molar-refractivity contribution in [3.05, 3.63) is 30.6 Å². The summed E-state index contributed by atoms with van der Waals surface area (Å²) in [5.41, 5.74) is 0.381. The molecular formula is C12H12F2N4OS2. The number of nitrogens with zero attached hydrogens (tertiary/aromatic N) is 3. The molecule has 1 N–H and O–H groups in total. The van der Waals surface area contributed by atoms with Crippen molar-refractivity contribution in [2.24, 2.45) is 7.05 Å². The highest BCUT2D eigenvalue weighted by Gasteiger charge is 2.12. The van der Waals surface area contributed by atoms with Crippen LogP contribution in [0.5, 0.6) is 0 Å². The van der Waals surface area contributed by atoms with Gasteiger partial charge in [0.25, 0.3) is 5.76 Å². The molecule has 9 heteroatoms. The van der Waals surface area contributed by atoms with Crippen LogP contribution in [0.15, 0.2) is 40.6 Å². The quantitative estimate of drug-likeness (QED) is 0.825. The normalized spacial score (nSPS) is 10.9. The van der Waals surface area contributed by atoms with E-state index in [2.05, 4.69) is 15.5 Å². The van der Waals surface area contributed by atoms with E-state index < -0.39 is 5.76 Å². The molecule has 2 rings (SSSR count). The van der Waals surface area contributed by atoms with Gasteiger partial charge in [0.15, 0.2) is 5.16 Å². The molecule has 0 atom stereocenters. The molecule has 21 heavy (non-hydrogen) atoms. The predicted molar refractivity (Wildman–Crippen MR) is 78.7 cm³/mol. The van der Waals surface area contributed by atoms with Gasteiger partial charge in [0.2, 0.25) is 5.91 Å². The van der Waals surface area contributed by atoms with E-state index in [-0.39, 0.29) is 11.7 Å². The predicted octanol–water partition coefficient (Wildman–Crippen LogP) is 2.86. The topological polar surface area (TPSA) is 59.8 Å². The van der Waals surface area contributed by atoms with Crippen LogP contribution in [0, 0.1) is 0 Å². The first-order valence-electron chi connectivity index (χ1n) is 5.86. The van der Waals surface area contributed by atoms with Gasteiger partial charge in [0.1, 0.15) is 6.33 Å². The van der Waals surface area contributed by atoms with Gasteiger partial charge in [0.05, 0.1) is 11.4 Å². The van der Waals surface area contributed by atoms with E-state index in [1.165, 1.54) is 18.1 Å². The molecule has 112 valence electrons. The van der Waals surface area contributed by atoms with Gasteiger partial charge in [-0.05, 0) is 12.1 Å². The van der Waals surface area contributed by atoms with E-state index in [0.717, 1.165) is 0 Å². The number of thioether (sulfide) groups is 2. The summed E-state index contributed by atoms with van der Waals surface area (Å²) in [5.74, 6) is -2.69. The molecule has 0 aliphatic carbocycles. The molecule has 0 bridgehead atoms. The molecule has 1 amide bonds. The van der Waals surface area contributed by atoms with Gasteiger partial charge in [-0.25, -0.2) is 0 Å². The summed E-state index contributed by atoms with van der Waals surface area (Å²) in [5, 5.41) is 10.8. The van der Waals surface area contributed by atoms with E-state index in [1.54, 1.807) is 35.9 Å². The number of anilines is 1. The van der Waals surface area contributed by atoms with E-state index in [1.807, 2.05) is 0 Å². The third-order valence-corrected chi connectivity index (χ3v) is 4.20. The second kappa shape index (κ2) is 7.41. The SMILES string of the molecule is Cn1cnnc1SCC(=O)Nc1ccccc1SC(F)F. The van der Waals surface area contributed by atoms with Gasteiger partial charge in [-0.3, -0.25) is 4.79 Å². The Morgan fingerprint density at radius 3 is 2.86 bits per heavy atom. The van der Waals surface area contributed by atoms with Crippen LogP contribution < -0.4 is 5.32 Å². The summed E-state index contributed by atoms with van der Waals surface area (Å²) >= 11 is 1.63. The first-order chi connectivity index (χ1) is 10.1. The molecular weight excluding hydrogens is 318 g/mol. The number of nitrogens with one attached hydrogen (secondary N) is 1. The monoisotopic (exact) mass is 330 g/mol. The Morgan fingerprint density at radius 1 is 1.43 bits per heavy atom. The standard InChI is InChI=1S/C12H12F2N4OS2/c1-18-7-15-17-12(18)20-6-10(19)16-8-4-2-3-5-9(8)21-11(13)14/h2-5,7,11H,6H2,1H3,(H,16,19). The number of hydrogen-bond donors (Lipinski definition) is 1. The van der Waals surface area contributed by atoms with E-state index in [4.69, 9.17) is 0 Å². The molecule has 1 heterocycles. The molecule has 1 aromatic heterocycles. The number of carbonyl (C=O) groups is 1. The minimum Gasteiger partial charge on any atom is -0.324 e. The van der Waals surface area contributed by atoms with Gasteiger partial charge >= 0.3 is 0 Å². The molecule has 0 unspecified atom stereocenters. The first-order valence-corrected chi connectivity index (χ1v) is 7.73. The number of benzene rings is 1. The zero-order valence-electron chi connectivity index (χ0n) is 11.0. The molecule has 1 aromatic carbocycles. The minimum atomic E-state index is -2.53. The van der Waals surface area contributed by atoms with Crippen LogP contribution in [0.25, 0.3) is 0 Å². The highest BCUT2D eigenvalue weighted by atomic mass is 32.2. The smallest absolute Gasteiger partial charge is 0.288 e. The van der Waals surface area contributed by atoms with Crippen molar-refractivity contribution in [2.75, 3.05) is 11.1 Å². The molecule has 0 spiro atoms. The highest BCUT2D eigenvalue weighted by Crippen LogP contribution is 2.31. The third-order valence-electron chi connectivity index (χ3n) is 2.38. The Bertz CT molecular complexity index is 621. The van der Waals surface area contributed by atoms with Crippen molar-refractivity contribution in [3.63, 3.8) is 0 Å². The summed E-state index contributed by atoms with van der Waals surface area (Å²) in [4.78, 5) is 12.2. The van der Waals surface area contributed by atoms with Crippen LogP contribution in [0.2, 0.25) is 0 Å². The maximum Gasteiger partial charge on any atom is 0.288 e. The molecule has 0 saturated heterocycles. The van der Waals surface area contributed by atoms with Crippen LogP contribution in [0.1, 0.15) is 0 Å². The van der Waals surface area contributed by atoms with Crippen LogP contribution in [0.4, 0.5) is 14.5 Å². The zero-order chi connectivity index (χ0) is 15.2. The Morgan fingerprint density at radius 2 is 2.19 bits per heavy atom. The van der Waals surface area contributed by atoms with Crippen molar-refractivity contribution in [1.82, 2.24) is 14.8 Å². The zero-order valence-corrected chi connectivity index (χ0v) is 12.6. The maximum absolute atomic E-state index is 12.4. The van der Waals surface area contributed by atoms with Gasteiger partial charge in [-0.2, -0.15) is 8.78 Å². The second-order valence-electron chi connectivity index (χ2n) is 3.94. The largest absolute Gasteiger partial charge is 0.324 e. The average Bonchev–Trinajstić information content (AvgIpc) is 2.84. The summed E-state index contributed by atoms with van der Waals surface area (Å²) in [7, 11) is 1.77. The number of halogens is 2. The summed E-state index contributed by atoms with van der Waals surface area (Å²) < 4.78 is 26.6. The molecule has 0 saturated carbocycles. The highest BCUT2D eigenvalue weighted by molar-refractivity contribution is 8.00. The average molecular weight is 330 g/mol. The third kappa shape index (κ3) is 4.71. The molecule has 0 aliphatic rings. The lowest BCUT2D eigenvalue weighted by Crippen LogP contribution is -2.15. The second-order valence-corrected chi connectivity index (χ2v) is 5.91. The van der Waals surface area contributed by atoms with Crippen molar-refractivity contribution >= 4 is 35.1 Å². The lowest BCUT2D eigenvalue weighted by Gasteiger charge is -2.10. The van der Waals surface area contributed by atoms with Gasteiger partial charge in [0, 0.05) is 11.9 Å². The minimum absolute atomic E-state index is 0.125. The Hall–Kier alpha value is -1.61. The summed E-state index contributed by atoms with van der Waals surface area (Å²) in [6.07, 6.45) is 1.54. The fourth-order valence-corrected chi connectivity index (χ4v) is 2.77.